The molecule has 1 aliphatic heterocycles. The SMILES string of the molecule is CCCCCC1CCC(OC(C)=O)O1. The van der Waals surface area contributed by atoms with Gasteiger partial charge in [-0.3, -0.25) is 4.79 Å². The van der Waals surface area contributed by atoms with Crippen molar-refractivity contribution in [2.45, 2.75) is 64.8 Å². The Hall–Kier alpha value is -0.570. The minimum atomic E-state index is -0.279. The van der Waals surface area contributed by atoms with E-state index in [1.165, 1.54) is 26.2 Å². The molecule has 3 heteroatoms. The maximum atomic E-state index is 10.7. The Balaban J connectivity index is 2.11. The molecule has 0 amide bonds. The highest BCUT2D eigenvalue weighted by molar-refractivity contribution is 5.66. The Kier molecular flexibility index (Phi) is 4.94. The highest BCUT2D eigenvalue weighted by Crippen LogP contribution is 2.24. The first-order chi connectivity index (χ1) is 6.72. The lowest BCUT2D eigenvalue weighted by molar-refractivity contribution is -0.173. The fraction of sp³-hybridized carbons (Fsp3) is 0.909. The molecule has 0 radical (unpaired) electrons. The summed E-state index contributed by atoms with van der Waals surface area (Å²) in [5.74, 6) is -0.246. The third kappa shape index (κ3) is 4.09. The Bertz CT molecular complexity index is 179. The number of unbranched alkanes of at least 4 members (excludes halogenated alkanes) is 2. The zero-order chi connectivity index (χ0) is 10.4. The van der Waals surface area contributed by atoms with Crippen LogP contribution in [-0.2, 0) is 14.3 Å². The van der Waals surface area contributed by atoms with E-state index in [9.17, 15) is 4.79 Å². The predicted molar refractivity (Wildman–Crippen MR) is 53.8 cm³/mol. The number of esters is 1. The second kappa shape index (κ2) is 6.02. The van der Waals surface area contributed by atoms with Gasteiger partial charge in [0.2, 0.25) is 6.29 Å². The van der Waals surface area contributed by atoms with Gasteiger partial charge in [-0.05, 0) is 12.8 Å². The van der Waals surface area contributed by atoms with Crippen molar-refractivity contribution in [1.82, 2.24) is 0 Å². The van der Waals surface area contributed by atoms with E-state index in [1.807, 2.05) is 0 Å². The summed E-state index contributed by atoms with van der Waals surface area (Å²) in [4.78, 5) is 10.7. The van der Waals surface area contributed by atoms with Crippen LogP contribution >= 0.6 is 0 Å². The molecule has 14 heavy (non-hydrogen) atoms. The summed E-state index contributed by atoms with van der Waals surface area (Å²) < 4.78 is 10.6. The summed E-state index contributed by atoms with van der Waals surface area (Å²) in [5.41, 5.74) is 0. The van der Waals surface area contributed by atoms with Gasteiger partial charge in [0.15, 0.2) is 0 Å². The minimum Gasteiger partial charge on any atom is -0.436 e. The van der Waals surface area contributed by atoms with Crippen LogP contribution in [0, 0.1) is 0 Å². The summed E-state index contributed by atoms with van der Waals surface area (Å²) in [6, 6.07) is 0. The van der Waals surface area contributed by atoms with Crippen molar-refractivity contribution < 1.29 is 14.3 Å². The fourth-order valence-corrected chi connectivity index (χ4v) is 1.78. The molecule has 82 valence electrons. The summed E-state index contributed by atoms with van der Waals surface area (Å²) in [6.07, 6.45) is 6.74. The monoisotopic (exact) mass is 200 g/mol. The highest BCUT2D eigenvalue weighted by atomic mass is 16.7. The third-order valence-electron chi connectivity index (χ3n) is 2.50. The molecule has 0 aromatic heterocycles. The van der Waals surface area contributed by atoms with E-state index in [-0.39, 0.29) is 12.3 Å². The van der Waals surface area contributed by atoms with Gasteiger partial charge in [0.05, 0.1) is 6.10 Å². The quantitative estimate of drug-likeness (QED) is 0.505. The van der Waals surface area contributed by atoms with E-state index in [2.05, 4.69) is 6.92 Å². The standard InChI is InChI=1S/C11H20O3/c1-3-4-5-6-10-7-8-11(14-10)13-9(2)12/h10-11H,3-8H2,1-2H3. The first kappa shape index (κ1) is 11.5. The molecule has 1 aliphatic rings. The minimum absolute atomic E-state index is 0.246. The van der Waals surface area contributed by atoms with E-state index < -0.39 is 0 Å². The molecule has 0 N–H and O–H groups in total. The molecule has 0 aromatic carbocycles. The molecule has 2 atom stereocenters. The lowest BCUT2D eigenvalue weighted by Crippen LogP contribution is -2.16. The molecule has 1 fully saturated rings. The smallest absolute Gasteiger partial charge is 0.304 e. The average Bonchev–Trinajstić information content (AvgIpc) is 2.52. The second-order valence-corrected chi connectivity index (χ2v) is 3.87. The van der Waals surface area contributed by atoms with Gasteiger partial charge in [-0.1, -0.05) is 26.2 Å². The fourth-order valence-electron chi connectivity index (χ4n) is 1.78. The summed E-state index contributed by atoms with van der Waals surface area (Å²) >= 11 is 0. The van der Waals surface area contributed by atoms with Gasteiger partial charge in [-0.15, -0.1) is 0 Å². The van der Waals surface area contributed by atoms with E-state index in [0.29, 0.717) is 6.10 Å². The van der Waals surface area contributed by atoms with E-state index in [0.717, 1.165) is 19.3 Å². The van der Waals surface area contributed by atoms with Gasteiger partial charge in [-0.25, -0.2) is 0 Å². The number of carbonyl (C=O) groups excluding carboxylic acids is 1. The van der Waals surface area contributed by atoms with Crippen molar-refractivity contribution in [1.29, 1.82) is 0 Å². The molecule has 0 bridgehead atoms. The number of carbonyl (C=O) groups is 1. The van der Waals surface area contributed by atoms with Crippen molar-refractivity contribution >= 4 is 5.97 Å². The molecule has 2 unspecified atom stereocenters. The van der Waals surface area contributed by atoms with Crippen molar-refractivity contribution in [2.75, 3.05) is 0 Å². The van der Waals surface area contributed by atoms with Gasteiger partial charge in [0.1, 0.15) is 0 Å². The van der Waals surface area contributed by atoms with Crippen molar-refractivity contribution in [2.24, 2.45) is 0 Å². The zero-order valence-electron chi connectivity index (χ0n) is 9.12. The predicted octanol–water partition coefficient (Wildman–Crippen LogP) is 2.63. The van der Waals surface area contributed by atoms with Crippen LogP contribution in [0.5, 0.6) is 0 Å². The van der Waals surface area contributed by atoms with Crippen LogP contribution in [0.3, 0.4) is 0 Å². The number of ether oxygens (including phenoxy) is 2. The van der Waals surface area contributed by atoms with Crippen LogP contribution in [0.4, 0.5) is 0 Å². The van der Waals surface area contributed by atoms with E-state index in [1.54, 1.807) is 0 Å². The van der Waals surface area contributed by atoms with Gasteiger partial charge in [0.25, 0.3) is 0 Å². The molecular formula is C11H20O3. The molecule has 0 saturated carbocycles. The summed E-state index contributed by atoms with van der Waals surface area (Å²) in [7, 11) is 0. The van der Waals surface area contributed by atoms with Gasteiger partial charge in [0, 0.05) is 13.3 Å². The maximum Gasteiger partial charge on any atom is 0.304 e. The first-order valence-electron chi connectivity index (χ1n) is 5.55. The van der Waals surface area contributed by atoms with Crippen molar-refractivity contribution in [3.05, 3.63) is 0 Å². The van der Waals surface area contributed by atoms with Crippen LogP contribution in [-0.4, -0.2) is 18.4 Å². The second-order valence-electron chi connectivity index (χ2n) is 3.87. The lowest BCUT2D eigenvalue weighted by Gasteiger charge is -2.12. The Morgan fingerprint density at radius 3 is 2.86 bits per heavy atom. The average molecular weight is 200 g/mol. The molecule has 1 heterocycles. The number of hydrogen-bond donors (Lipinski definition) is 0. The topological polar surface area (TPSA) is 35.5 Å². The van der Waals surface area contributed by atoms with Crippen molar-refractivity contribution in [3.8, 4) is 0 Å². The normalized spacial score (nSPS) is 26.4. The lowest BCUT2D eigenvalue weighted by atomic mass is 10.1. The van der Waals surface area contributed by atoms with Gasteiger partial charge < -0.3 is 9.47 Å². The molecular weight excluding hydrogens is 180 g/mol. The van der Waals surface area contributed by atoms with Crippen LogP contribution in [0.25, 0.3) is 0 Å². The maximum absolute atomic E-state index is 10.7. The van der Waals surface area contributed by atoms with Crippen molar-refractivity contribution in [3.63, 3.8) is 0 Å². The van der Waals surface area contributed by atoms with Crippen LogP contribution < -0.4 is 0 Å². The third-order valence-corrected chi connectivity index (χ3v) is 2.50. The largest absolute Gasteiger partial charge is 0.436 e. The first-order valence-corrected chi connectivity index (χ1v) is 5.55. The number of rotatable bonds is 5. The van der Waals surface area contributed by atoms with Gasteiger partial charge >= 0.3 is 5.97 Å². The van der Waals surface area contributed by atoms with Crippen LogP contribution in [0.15, 0.2) is 0 Å². The molecule has 3 nitrogen and oxygen atoms in total. The van der Waals surface area contributed by atoms with Crippen LogP contribution in [0.2, 0.25) is 0 Å². The van der Waals surface area contributed by atoms with E-state index >= 15 is 0 Å². The van der Waals surface area contributed by atoms with Crippen LogP contribution in [0.1, 0.15) is 52.4 Å². The highest BCUT2D eigenvalue weighted by Gasteiger charge is 2.26. The molecule has 0 spiro atoms. The van der Waals surface area contributed by atoms with Gasteiger partial charge in [-0.2, -0.15) is 0 Å². The Morgan fingerprint density at radius 2 is 2.21 bits per heavy atom. The molecule has 0 aliphatic carbocycles. The molecule has 1 rings (SSSR count). The Labute approximate surface area is 85.8 Å². The molecule has 1 saturated heterocycles. The molecule has 0 aromatic rings. The summed E-state index contributed by atoms with van der Waals surface area (Å²) in [6.45, 7) is 3.62. The van der Waals surface area contributed by atoms with E-state index in [4.69, 9.17) is 9.47 Å². The number of hydrogen-bond acceptors (Lipinski definition) is 3. The summed E-state index contributed by atoms with van der Waals surface area (Å²) in [5, 5.41) is 0. The zero-order valence-corrected chi connectivity index (χ0v) is 9.12. The Morgan fingerprint density at radius 1 is 1.43 bits per heavy atom.